The molecule has 0 saturated heterocycles. The van der Waals surface area contributed by atoms with E-state index in [4.69, 9.17) is 0 Å². The van der Waals surface area contributed by atoms with Crippen molar-refractivity contribution >= 4 is 16.6 Å². The number of hydrogen-bond donors (Lipinski definition) is 0. The first-order valence-corrected chi connectivity index (χ1v) is 7.81. The zero-order valence-corrected chi connectivity index (χ0v) is 12.6. The molecule has 0 N–H and O–H groups in total. The van der Waals surface area contributed by atoms with Gasteiger partial charge >= 0.3 is 0 Å². The molecule has 1 heteroatoms. The molecule has 0 aromatic heterocycles. The summed E-state index contributed by atoms with van der Waals surface area (Å²) in [5.74, 6) is 0.258. The van der Waals surface area contributed by atoms with Gasteiger partial charge in [-0.25, -0.2) is 0 Å². The fraction of sp³-hybridized carbons (Fsp3) is 0.0455. The van der Waals surface area contributed by atoms with Crippen LogP contribution in [0.3, 0.4) is 0 Å². The van der Waals surface area contributed by atoms with Crippen LogP contribution in [0.25, 0.3) is 10.8 Å². The van der Waals surface area contributed by atoms with Crippen molar-refractivity contribution in [1.29, 1.82) is 0 Å². The van der Waals surface area contributed by atoms with Crippen molar-refractivity contribution in [2.45, 2.75) is 5.92 Å². The predicted octanol–water partition coefficient (Wildman–Crippen LogP) is 5.28. The van der Waals surface area contributed by atoms with E-state index in [0.29, 0.717) is 0 Å². The van der Waals surface area contributed by atoms with Gasteiger partial charge in [0.1, 0.15) is 0 Å². The van der Waals surface area contributed by atoms with Gasteiger partial charge in [-0.05, 0) is 16.3 Å². The van der Waals surface area contributed by atoms with Crippen LogP contribution < -0.4 is 0 Å². The molecular formula is C22H16O. The number of fused-ring (bicyclic) bond motifs is 1. The highest BCUT2D eigenvalue weighted by molar-refractivity contribution is 6.17. The highest BCUT2D eigenvalue weighted by atomic mass is 16.1. The van der Waals surface area contributed by atoms with E-state index >= 15 is 0 Å². The molecular weight excluding hydrogens is 280 g/mol. The number of allylic oxidation sites excluding steroid dienone is 4. The summed E-state index contributed by atoms with van der Waals surface area (Å²) in [4.78, 5) is 13.2. The molecule has 0 aliphatic heterocycles. The quantitative estimate of drug-likeness (QED) is 0.601. The lowest BCUT2D eigenvalue weighted by molar-refractivity contribution is 0.103. The smallest absolute Gasteiger partial charge is 0.193 e. The maximum atomic E-state index is 13.2. The molecule has 110 valence electrons. The van der Waals surface area contributed by atoms with Crippen molar-refractivity contribution in [2.75, 3.05) is 0 Å². The van der Waals surface area contributed by atoms with Crippen molar-refractivity contribution in [3.8, 4) is 0 Å². The Morgan fingerprint density at radius 2 is 1.43 bits per heavy atom. The van der Waals surface area contributed by atoms with Crippen molar-refractivity contribution in [3.63, 3.8) is 0 Å². The van der Waals surface area contributed by atoms with Gasteiger partial charge in [-0.2, -0.15) is 0 Å². The molecule has 0 heterocycles. The van der Waals surface area contributed by atoms with Crippen molar-refractivity contribution in [2.24, 2.45) is 0 Å². The van der Waals surface area contributed by atoms with Gasteiger partial charge in [0.05, 0.1) is 0 Å². The van der Waals surface area contributed by atoms with Gasteiger partial charge in [0.15, 0.2) is 5.78 Å². The molecule has 23 heavy (non-hydrogen) atoms. The monoisotopic (exact) mass is 296 g/mol. The molecule has 3 aromatic carbocycles. The van der Waals surface area contributed by atoms with Crippen LogP contribution in [-0.2, 0) is 0 Å². The first-order chi connectivity index (χ1) is 11.3. The van der Waals surface area contributed by atoms with Gasteiger partial charge < -0.3 is 0 Å². The average molecular weight is 296 g/mol. The van der Waals surface area contributed by atoms with Crippen LogP contribution in [-0.4, -0.2) is 5.78 Å². The summed E-state index contributed by atoms with van der Waals surface area (Å²) < 4.78 is 0. The van der Waals surface area contributed by atoms with Gasteiger partial charge in [-0.1, -0.05) is 91.0 Å². The van der Waals surface area contributed by atoms with Crippen LogP contribution in [0.2, 0.25) is 0 Å². The normalized spacial score (nSPS) is 13.7. The van der Waals surface area contributed by atoms with Crippen LogP contribution in [0, 0.1) is 0 Å². The highest BCUT2D eigenvalue weighted by Gasteiger charge is 2.20. The molecule has 4 rings (SSSR count). The lowest BCUT2D eigenvalue weighted by atomic mass is 9.87. The summed E-state index contributed by atoms with van der Waals surface area (Å²) in [7, 11) is 0. The minimum Gasteiger partial charge on any atom is -0.289 e. The second kappa shape index (κ2) is 5.69. The maximum Gasteiger partial charge on any atom is 0.193 e. The molecule has 1 aliphatic rings. The average Bonchev–Trinajstić information content (AvgIpc) is 3.15. The van der Waals surface area contributed by atoms with E-state index in [2.05, 4.69) is 30.4 Å². The zero-order chi connectivity index (χ0) is 15.6. The van der Waals surface area contributed by atoms with E-state index < -0.39 is 0 Å². The molecule has 0 atom stereocenters. The topological polar surface area (TPSA) is 17.1 Å². The summed E-state index contributed by atoms with van der Waals surface area (Å²) >= 11 is 0. The largest absolute Gasteiger partial charge is 0.289 e. The molecule has 1 nitrogen and oxygen atoms in total. The number of carbonyl (C=O) groups excluding carboxylic acids is 1. The molecule has 0 spiro atoms. The van der Waals surface area contributed by atoms with E-state index in [1.54, 1.807) is 0 Å². The minimum absolute atomic E-state index is 0.0890. The first kappa shape index (κ1) is 13.7. The molecule has 0 fully saturated rings. The van der Waals surface area contributed by atoms with Gasteiger partial charge in [0.25, 0.3) is 0 Å². The molecule has 3 aromatic rings. The van der Waals surface area contributed by atoms with E-state index in [9.17, 15) is 4.79 Å². The molecule has 1 aliphatic carbocycles. The molecule has 0 amide bonds. The van der Waals surface area contributed by atoms with E-state index in [0.717, 1.165) is 27.5 Å². The van der Waals surface area contributed by atoms with Gasteiger partial charge in [-0.3, -0.25) is 4.79 Å². The lowest BCUT2D eigenvalue weighted by Crippen LogP contribution is -2.08. The Labute approximate surface area is 135 Å². The molecule has 0 unspecified atom stereocenters. The Morgan fingerprint density at radius 1 is 0.739 bits per heavy atom. The Bertz CT molecular complexity index is 921. The van der Waals surface area contributed by atoms with E-state index in [-0.39, 0.29) is 11.7 Å². The minimum atomic E-state index is 0.0890. The van der Waals surface area contributed by atoms with Crippen LogP contribution in [0.5, 0.6) is 0 Å². The van der Waals surface area contributed by atoms with Gasteiger partial charge in [-0.15, -0.1) is 0 Å². The number of ketones is 1. The van der Waals surface area contributed by atoms with Gasteiger partial charge in [0, 0.05) is 17.0 Å². The van der Waals surface area contributed by atoms with Crippen LogP contribution in [0.4, 0.5) is 0 Å². The van der Waals surface area contributed by atoms with Crippen molar-refractivity contribution < 1.29 is 4.79 Å². The second-order valence-electron chi connectivity index (χ2n) is 5.74. The van der Waals surface area contributed by atoms with E-state index in [1.165, 1.54) is 0 Å². The highest BCUT2D eigenvalue weighted by Crippen LogP contribution is 2.32. The summed E-state index contributed by atoms with van der Waals surface area (Å²) in [6.07, 6.45) is 8.34. The summed E-state index contributed by atoms with van der Waals surface area (Å²) in [5, 5.41) is 2.12. The number of hydrogen-bond acceptors (Lipinski definition) is 1. The second-order valence-corrected chi connectivity index (χ2v) is 5.74. The van der Waals surface area contributed by atoms with Crippen molar-refractivity contribution in [1.82, 2.24) is 0 Å². The van der Waals surface area contributed by atoms with Gasteiger partial charge in [0.2, 0.25) is 0 Å². The summed E-state index contributed by atoms with van der Waals surface area (Å²) in [5.41, 5.74) is 2.62. The fourth-order valence-corrected chi connectivity index (χ4v) is 3.19. The Hall–Kier alpha value is -2.93. The van der Waals surface area contributed by atoms with Crippen LogP contribution in [0.15, 0.2) is 91.0 Å². The lowest BCUT2D eigenvalue weighted by Gasteiger charge is -2.15. The molecule has 0 bridgehead atoms. The number of carbonyl (C=O) groups is 1. The first-order valence-electron chi connectivity index (χ1n) is 7.81. The van der Waals surface area contributed by atoms with E-state index in [1.807, 2.05) is 60.7 Å². The number of rotatable bonds is 3. The summed E-state index contributed by atoms with van der Waals surface area (Å²) in [6.45, 7) is 0. The molecule has 0 radical (unpaired) electrons. The third-order valence-electron chi connectivity index (χ3n) is 4.33. The maximum absolute atomic E-state index is 13.2. The predicted molar refractivity (Wildman–Crippen MR) is 94.8 cm³/mol. The fourth-order valence-electron chi connectivity index (χ4n) is 3.19. The summed E-state index contributed by atoms with van der Waals surface area (Å²) in [6, 6.07) is 21.8. The van der Waals surface area contributed by atoms with Crippen LogP contribution in [0.1, 0.15) is 27.4 Å². The third-order valence-corrected chi connectivity index (χ3v) is 4.33. The Balaban J connectivity index is 1.98. The van der Waals surface area contributed by atoms with Crippen LogP contribution >= 0.6 is 0 Å². The zero-order valence-electron chi connectivity index (χ0n) is 12.6. The molecule has 0 saturated carbocycles. The number of benzene rings is 3. The Morgan fingerprint density at radius 3 is 2.22 bits per heavy atom. The SMILES string of the molecule is O=C(c1ccccc1)c1c(C2C=CC=C2)ccc2ccccc12. The third kappa shape index (κ3) is 2.40. The Kier molecular flexibility index (Phi) is 3.39. The standard InChI is InChI=1S/C22H16O/c23-22(18-11-2-1-3-12-18)21-19-13-7-6-10-17(19)14-15-20(21)16-8-4-5-9-16/h1-16H. The van der Waals surface area contributed by atoms with Crippen molar-refractivity contribution in [3.05, 3.63) is 108 Å².